The minimum Gasteiger partial charge on any atom is -0.389 e. The smallest absolute Gasteiger partial charge is 0.0900 e. The van der Waals surface area contributed by atoms with Gasteiger partial charge in [-0.3, -0.25) is 4.90 Å². The summed E-state index contributed by atoms with van der Waals surface area (Å²) in [6.45, 7) is 3.55. The van der Waals surface area contributed by atoms with Crippen molar-refractivity contribution in [1.82, 2.24) is 4.90 Å². The zero-order valence-electron chi connectivity index (χ0n) is 10.7. The molecule has 17 heavy (non-hydrogen) atoms. The van der Waals surface area contributed by atoms with Crippen LogP contribution in [0.15, 0.2) is 12.1 Å². The van der Waals surface area contributed by atoms with Gasteiger partial charge in [0.15, 0.2) is 0 Å². The number of nitrogens with zero attached hydrogens (tertiary/aromatic N) is 1. The van der Waals surface area contributed by atoms with Gasteiger partial charge in [-0.15, -0.1) is 11.3 Å². The van der Waals surface area contributed by atoms with E-state index in [4.69, 9.17) is 10.5 Å². The molecule has 0 bridgehead atoms. The van der Waals surface area contributed by atoms with Crippen molar-refractivity contribution in [1.29, 1.82) is 0 Å². The maximum atomic E-state index is 9.71. The van der Waals surface area contributed by atoms with Crippen molar-refractivity contribution in [2.45, 2.75) is 19.1 Å². The summed E-state index contributed by atoms with van der Waals surface area (Å²) in [6.07, 6.45) is -0.472. The fourth-order valence-electron chi connectivity index (χ4n) is 1.85. The molecule has 0 fully saturated rings. The molecule has 1 aromatic rings. The standard InChI is InChI=1S/C12H22N2O2S/c1-9-4-5-12(17-9)11(6-13)14(2)7-10(15)8-16-3/h4-5,10-11,15H,6-8,13H2,1-3H3. The van der Waals surface area contributed by atoms with Crippen LogP contribution in [0.4, 0.5) is 0 Å². The van der Waals surface area contributed by atoms with Gasteiger partial charge in [0.25, 0.3) is 0 Å². The first kappa shape index (κ1) is 14.6. The van der Waals surface area contributed by atoms with Crippen LogP contribution in [0.2, 0.25) is 0 Å². The number of thiophene rings is 1. The zero-order chi connectivity index (χ0) is 12.8. The quantitative estimate of drug-likeness (QED) is 0.766. The summed E-state index contributed by atoms with van der Waals surface area (Å²) in [5.41, 5.74) is 5.82. The molecule has 0 spiro atoms. The molecule has 0 amide bonds. The highest BCUT2D eigenvalue weighted by atomic mass is 32.1. The SMILES string of the molecule is COCC(O)CN(C)C(CN)c1ccc(C)s1. The third kappa shape index (κ3) is 4.37. The predicted molar refractivity (Wildman–Crippen MR) is 71.4 cm³/mol. The van der Waals surface area contributed by atoms with Crippen molar-refractivity contribution in [3.63, 3.8) is 0 Å². The Bertz CT molecular complexity index is 330. The highest BCUT2D eigenvalue weighted by molar-refractivity contribution is 7.12. The van der Waals surface area contributed by atoms with Crippen LogP contribution in [0.5, 0.6) is 0 Å². The molecule has 2 unspecified atom stereocenters. The first-order chi connectivity index (χ1) is 8.08. The molecule has 0 radical (unpaired) electrons. The molecule has 3 N–H and O–H groups in total. The molecule has 1 heterocycles. The second kappa shape index (κ2) is 7.08. The van der Waals surface area contributed by atoms with E-state index in [1.54, 1.807) is 18.4 Å². The maximum absolute atomic E-state index is 9.71. The van der Waals surface area contributed by atoms with Crippen LogP contribution in [0.1, 0.15) is 15.8 Å². The number of nitrogens with two attached hydrogens (primary N) is 1. The van der Waals surface area contributed by atoms with Crippen LogP contribution in [-0.4, -0.2) is 50.0 Å². The van der Waals surface area contributed by atoms with Crippen molar-refractivity contribution < 1.29 is 9.84 Å². The first-order valence-corrected chi connectivity index (χ1v) is 6.53. The third-order valence-electron chi connectivity index (χ3n) is 2.70. The van der Waals surface area contributed by atoms with E-state index in [0.29, 0.717) is 19.7 Å². The number of likely N-dealkylation sites (N-methyl/N-ethyl adjacent to an activating group) is 1. The highest BCUT2D eigenvalue weighted by Gasteiger charge is 2.19. The van der Waals surface area contributed by atoms with E-state index in [2.05, 4.69) is 24.0 Å². The molecule has 2 atom stereocenters. The largest absolute Gasteiger partial charge is 0.389 e. The summed E-state index contributed by atoms with van der Waals surface area (Å²) in [6, 6.07) is 4.37. The van der Waals surface area contributed by atoms with Crippen LogP contribution in [0.25, 0.3) is 0 Å². The first-order valence-electron chi connectivity index (χ1n) is 5.72. The van der Waals surface area contributed by atoms with E-state index in [1.807, 2.05) is 7.05 Å². The zero-order valence-corrected chi connectivity index (χ0v) is 11.5. The second-order valence-corrected chi connectivity index (χ2v) is 5.57. The fraction of sp³-hybridized carbons (Fsp3) is 0.667. The predicted octanol–water partition coefficient (Wildman–Crippen LogP) is 0.995. The topological polar surface area (TPSA) is 58.7 Å². The highest BCUT2D eigenvalue weighted by Crippen LogP contribution is 2.26. The van der Waals surface area contributed by atoms with E-state index < -0.39 is 6.10 Å². The number of hydrogen-bond donors (Lipinski definition) is 2. The number of ether oxygens (including phenoxy) is 1. The van der Waals surface area contributed by atoms with E-state index in [-0.39, 0.29) is 6.04 Å². The Balaban J connectivity index is 2.61. The number of rotatable bonds is 7. The molecule has 4 nitrogen and oxygen atoms in total. The van der Waals surface area contributed by atoms with Crippen molar-refractivity contribution in [2.75, 3.05) is 33.9 Å². The lowest BCUT2D eigenvalue weighted by atomic mass is 10.2. The average Bonchev–Trinajstić information content (AvgIpc) is 2.66. The summed E-state index contributed by atoms with van der Waals surface area (Å²) in [5, 5.41) is 9.71. The maximum Gasteiger partial charge on any atom is 0.0900 e. The fourth-order valence-corrected chi connectivity index (χ4v) is 2.91. The third-order valence-corrected chi connectivity index (χ3v) is 3.80. The van der Waals surface area contributed by atoms with Crippen molar-refractivity contribution in [2.24, 2.45) is 5.73 Å². The lowest BCUT2D eigenvalue weighted by molar-refractivity contribution is 0.0351. The Labute approximate surface area is 107 Å². The molecule has 0 saturated carbocycles. The van der Waals surface area contributed by atoms with Gasteiger partial charge in [-0.25, -0.2) is 0 Å². The Morgan fingerprint density at radius 1 is 1.53 bits per heavy atom. The summed E-state index contributed by atoms with van der Waals surface area (Å²) in [5.74, 6) is 0. The molecule has 1 rings (SSSR count). The van der Waals surface area contributed by atoms with Crippen LogP contribution in [-0.2, 0) is 4.74 Å². The van der Waals surface area contributed by atoms with Gasteiger partial charge in [0.2, 0.25) is 0 Å². The van der Waals surface area contributed by atoms with Gasteiger partial charge in [0.1, 0.15) is 0 Å². The molecule has 0 saturated heterocycles. The molecule has 0 aliphatic carbocycles. The number of aliphatic hydroxyl groups is 1. The van der Waals surface area contributed by atoms with Gasteiger partial charge in [-0.05, 0) is 26.1 Å². The number of aliphatic hydroxyl groups excluding tert-OH is 1. The van der Waals surface area contributed by atoms with E-state index in [9.17, 15) is 5.11 Å². The number of hydrogen-bond acceptors (Lipinski definition) is 5. The van der Waals surface area contributed by atoms with Gasteiger partial charge < -0.3 is 15.6 Å². The molecular formula is C12H22N2O2S. The number of methoxy groups -OCH3 is 1. The average molecular weight is 258 g/mol. The van der Waals surface area contributed by atoms with E-state index in [1.165, 1.54) is 9.75 Å². The van der Waals surface area contributed by atoms with Gasteiger partial charge in [0.05, 0.1) is 18.8 Å². The second-order valence-electron chi connectivity index (χ2n) is 4.25. The van der Waals surface area contributed by atoms with Crippen LogP contribution < -0.4 is 5.73 Å². The molecule has 5 heteroatoms. The van der Waals surface area contributed by atoms with Gasteiger partial charge in [-0.2, -0.15) is 0 Å². The molecule has 98 valence electrons. The summed E-state index contributed by atoms with van der Waals surface area (Å²) >= 11 is 1.75. The molecule has 0 aliphatic rings. The minimum absolute atomic E-state index is 0.167. The summed E-state index contributed by atoms with van der Waals surface area (Å²) in [4.78, 5) is 4.61. The lowest BCUT2D eigenvalue weighted by Gasteiger charge is -2.27. The van der Waals surface area contributed by atoms with Gasteiger partial charge in [0, 0.05) is 30.0 Å². The number of aryl methyl sites for hydroxylation is 1. The van der Waals surface area contributed by atoms with E-state index >= 15 is 0 Å². The minimum atomic E-state index is -0.472. The normalized spacial score (nSPS) is 15.2. The molecule has 1 aromatic heterocycles. The molecule has 0 aliphatic heterocycles. The summed E-state index contributed by atoms with van der Waals surface area (Å²) in [7, 11) is 3.57. The Kier molecular flexibility index (Phi) is 6.08. The Morgan fingerprint density at radius 3 is 2.71 bits per heavy atom. The molecular weight excluding hydrogens is 236 g/mol. The monoisotopic (exact) mass is 258 g/mol. The van der Waals surface area contributed by atoms with E-state index in [0.717, 1.165) is 0 Å². The van der Waals surface area contributed by atoms with Gasteiger partial charge >= 0.3 is 0 Å². The van der Waals surface area contributed by atoms with Crippen LogP contribution in [0, 0.1) is 6.92 Å². The van der Waals surface area contributed by atoms with Crippen LogP contribution >= 0.6 is 11.3 Å². The Morgan fingerprint density at radius 2 is 2.24 bits per heavy atom. The van der Waals surface area contributed by atoms with Crippen LogP contribution in [0.3, 0.4) is 0 Å². The molecule has 0 aromatic carbocycles. The lowest BCUT2D eigenvalue weighted by Crippen LogP contribution is -2.37. The van der Waals surface area contributed by atoms with Crippen molar-refractivity contribution in [3.05, 3.63) is 21.9 Å². The van der Waals surface area contributed by atoms with Crippen molar-refractivity contribution in [3.8, 4) is 0 Å². The van der Waals surface area contributed by atoms with Crippen molar-refractivity contribution >= 4 is 11.3 Å². The summed E-state index contributed by atoms with van der Waals surface area (Å²) < 4.78 is 4.92. The Hall–Kier alpha value is -0.460. The van der Waals surface area contributed by atoms with Gasteiger partial charge in [-0.1, -0.05) is 0 Å².